The summed E-state index contributed by atoms with van der Waals surface area (Å²) in [4.78, 5) is 37.8. The van der Waals surface area contributed by atoms with Gasteiger partial charge in [-0.1, -0.05) is 12.1 Å². The van der Waals surface area contributed by atoms with E-state index in [0.29, 0.717) is 17.3 Å². The number of methoxy groups -OCH3 is 1. The summed E-state index contributed by atoms with van der Waals surface area (Å²) in [5, 5.41) is 7.08. The van der Waals surface area contributed by atoms with Crippen LogP contribution in [0.25, 0.3) is 11.3 Å². The number of benzene rings is 1. The minimum absolute atomic E-state index is 0.240. The zero-order valence-electron chi connectivity index (χ0n) is 18.1. The summed E-state index contributed by atoms with van der Waals surface area (Å²) in [5.74, 6) is 1.37. The van der Waals surface area contributed by atoms with Crippen LogP contribution in [0.15, 0.2) is 53.6 Å². The van der Waals surface area contributed by atoms with Crippen molar-refractivity contribution in [2.45, 2.75) is 6.54 Å². The summed E-state index contributed by atoms with van der Waals surface area (Å²) < 4.78 is 6.49. The Balaban J connectivity index is 1.48. The highest BCUT2D eigenvalue weighted by atomic mass is 16.5. The molecule has 2 aromatic heterocycles. The van der Waals surface area contributed by atoms with Crippen LogP contribution in [-0.4, -0.2) is 70.9 Å². The second kappa shape index (κ2) is 9.56. The molecule has 1 aromatic carbocycles. The van der Waals surface area contributed by atoms with Gasteiger partial charge in [-0.3, -0.25) is 9.59 Å². The zero-order valence-corrected chi connectivity index (χ0v) is 18.1. The van der Waals surface area contributed by atoms with Gasteiger partial charge in [-0.2, -0.15) is 5.10 Å². The number of amides is 1. The maximum atomic E-state index is 12.6. The molecule has 1 saturated heterocycles. The molecule has 1 amide bonds. The van der Waals surface area contributed by atoms with Gasteiger partial charge in [0.05, 0.1) is 12.8 Å². The fraction of sp³-hybridized carbons (Fsp3) is 0.318. The Morgan fingerprint density at radius 1 is 1.09 bits per heavy atom. The number of ether oxygens (including phenoxy) is 1. The Morgan fingerprint density at radius 2 is 1.88 bits per heavy atom. The topological polar surface area (TPSA) is 105 Å². The van der Waals surface area contributed by atoms with Gasteiger partial charge in [0.25, 0.3) is 5.56 Å². The lowest BCUT2D eigenvalue weighted by molar-refractivity contribution is -0.117. The molecule has 166 valence electrons. The van der Waals surface area contributed by atoms with Gasteiger partial charge in [0.1, 0.15) is 30.3 Å². The summed E-state index contributed by atoms with van der Waals surface area (Å²) in [6, 6.07) is 12.1. The van der Waals surface area contributed by atoms with Gasteiger partial charge >= 0.3 is 0 Å². The highest BCUT2D eigenvalue weighted by molar-refractivity contribution is 5.89. The highest BCUT2D eigenvalue weighted by Gasteiger charge is 2.17. The Hall–Kier alpha value is -3.79. The fourth-order valence-corrected chi connectivity index (χ4v) is 3.50. The Morgan fingerprint density at radius 3 is 2.66 bits per heavy atom. The molecule has 0 aliphatic carbocycles. The summed E-state index contributed by atoms with van der Waals surface area (Å²) in [5.41, 5.74) is 0.894. The van der Waals surface area contributed by atoms with E-state index in [9.17, 15) is 9.59 Å². The lowest BCUT2D eigenvalue weighted by atomic mass is 10.1. The first-order valence-electron chi connectivity index (χ1n) is 10.3. The first-order chi connectivity index (χ1) is 15.5. The van der Waals surface area contributed by atoms with E-state index in [1.807, 2.05) is 24.3 Å². The van der Waals surface area contributed by atoms with Crippen LogP contribution in [0.4, 0.5) is 11.6 Å². The molecular formula is C22H25N7O3. The molecule has 0 atom stereocenters. The molecule has 0 unspecified atom stereocenters. The van der Waals surface area contributed by atoms with Crippen molar-refractivity contribution < 1.29 is 9.53 Å². The van der Waals surface area contributed by atoms with Crippen LogP contribution in [0.5, 0.6) is 5.75 Å². The van der Waals surface area contributed by atoms with E-state index < -0.39 is 5.91 Å². The van der Waals surface area contributed by atoms with E-state index in [2.05, 4.69) is 37.2 Å². The van der Waals surface area contributed by atoms with Crippen molar-refractivity contribution in [1.82, 2.24) is 24.6 Å². The van der Waals surface area contributed by atoms with Crippen LogP contribution in [0.2, 0.25) is 0 Å². The molecule has 1 aliphatic heterocycles. The first-order valence-corrected chi connectivity index (χ1v) is 10.3. The van der Waals surface area contributed by atoms with Crippen LogP contribution in [-0.2, 0) is 11.3 Å². The predicted molar refractivity (Wildman–Crippen MR) is 121 cm³/mol. The molecule has 10 nitrogen and oxygen atoms in total. The number of piperazine rings is 1. The number of rotatable bonds is 6. The minimum Gasteiger partial charge on any atom is -0.496 e. The van der Waals surface area contributed by atoms with Crippen molar-refractivity contribution >= 4 is 17.5 Å². The maximum absolute atomic E-state index is 12.6. The number of nitrogens with one attached hydrogen (secondary N) is 1. The molecule has 4 rings (SSSR count). The Bertz CT molecular complexity index is 1160. The third kappa shape index (κ3) is 4.92. The number of hydrogen-bond acceptors (Lipinski definition) is 8. The number of para-hydroxylation sites is 1. The number of anilines is 2. The average Bonchev–Trinajstić information content (AvgIpc) is 2.81. The van der Waals surface area contributed by atoms with E-state index >= 15 is 0 Å². The van der Waals surface area contributed by atoms with Gasteiger partial charge < -0.3 is 19.9 Å². The van der Waals surface area contributed by atoms with Gasteiger partial charge in [0.2, 0.25) is 5.91 Å². The number of carbonyl (C=O) groups is 1. The zero-order chi connectivity index (χ0) is 22.5. The van der Waals surface area contributed by atoms with Crippen molar-refractivity contribution in [2.75, 3.05) is 50.6 Å². The third-order valence-corrected chi connectivity index (χ3v) is 5.29. The maximum Gasteiger partial charge on any atom is 0.267 e. The van der Waals surface area contributed by atoms with Gasteiger partial charge in [-0.25, -0.2) is 14.6 Å². The van der Waals surface area contributed by atoms with E-state index in [-0.39, 0.29) is 12.1 Å². The van der Waals surface area contributed by atoms with E-state index in [4.69, 9.17) is 4.74 Å². The van der Waals surface area contributed by atoms with E-state index in [0.717, 1.165) is 42.2 Å². The number of hydrogen-bond donors (Lipinski definition) is 1. The van der Waals surface area contributed by atoms with E-state index in [1.165, 1.54) is 12.4 Å². The van der Waals surface area contributed by atoms with Crippen molar-refractivity contribution in [3.8, 4) is 17.0 Å². The molecule has 1 N–H and O–H groups in total. The molecule has 3 aromatic rings. The number of aromatic nitrogens is 4. The molecule has 10 heteroatoms. The largest absolute Gasteiger partial charge is 0.496 e. The number of nitrogens with zero attached hydrogens (tertiary/aromatic N) is 6. The lowest BCUT2D eigenvalue weighted by Gasteiger charge is -2.33. The molecule has 0 radical (unpaired) electrons. The SMILES string of the molecule is COc1ccccc1-c1ccc(=O)n(CC(=O)Nc2cc(N3CCN(C)CC3)ncn2)n1. The summed E-state index contributed by atoms with van der Waals surface area (Å²) in [7, 11) is 3.65. The molecular weight excluding hydrogens is 410 g/mol. The number of carbonyl (C=O) groups excluding carboxylic acids is 1. The second-order valence-electron chi connectivity index (χ2n) is 7.51. The lowest BCUT2D eigenvalue weighted by Crippen LogP contribution is -2.44. The highest BCUT2D eigenvalue weighted by Crippen LogP contribution is 2.27. The normalized spacial score (nSPS) is 14.2. The summed E-state index contributed by atoms with van der Waals surface area (Å²) in [6.07, 6.45) is 1.43. The number of likely N-dealkylation sites (N-methyl/N-ethyl adjacent to an activating group) is 1. The average molecular weight is 435 g/mol. The van der Waals surface area contributed by atoms with Crippen LogP contribution < -0.4 is 20.5 Å². The molecule has 32 heavy (non-hydrogen) atoms. The van der Waals surface area contributed by atoms with Crippen molar-refractivity contribution in [1.29, 1.82) is 0 Å². The monoisotopic (exact) mass is 435 g/mol. The molecule has 3 heterocycles. The fourth-order valence-electron chi connectivity index (χ4n) is 3.50. The van der Waals surface area contributed by atoms with Crippen LogP contribution in [0.3, 0.4) is 0 Å². The molecule has 0 saturated carbocycles. The smallest absolute Gasteiger partial charge is 0.267 e. The van der Waals surface area contributed by atoms with Crippen molar-refractivity contribution in [2.24, 2.45) is 0 Å². The van der Waals surface area contributed by atoms with Crippen molar-refractivity contribution in [3.05, 3.63) is 59.1 Å². The molecule has 1 aliphatic rings. The summed E-state index contributed by atoms with van der Waals surface area (Å²) >= 11 is 0. The molecule has 1 fully saturated rings. The first kappa shape index (κ1) is 21.4. The van der Waals surface area contributed by atoms with Gasteiger partial charge in [-0.15, -0.1) is 0 Å². The quantitative estimate of drug-likeness (QED) is 0.614. The third-order valence-electron chi connectivity index (χ3n) is 5.29. The van der Waals surface area contributed by atoms with Gasteiger partial charge in [0.15, 0.2) is 0 Å². The summed E-state index contributed by atoms with van der Waals surface area (Å²) in [6.45, 7) is 3.37. The standard InChI is InChI=1S/C22H25N7O3/c1-27-9-11-28(12-10-27)20-13-19(23-15-24-20)25-21(30)14-29-22(31)8-7-17(26-29)16-5-3-4-6-18(16)32-2/h3-8,13,15H,9-12,14H2,1-2H3,(H,23,24,25,30). The molecule has 0 bridgehead atoms. The van der Waals surface area contributed by atoms with Gasteiger partial charge in [-0.05, 0) is 25.2 Å². The van der Waals surface area contributed by atoms with Crippen LogP contribution in [0, 0.1) is 0 Å². The van der Waals surface area contributed by atoms with Crippen molar-refractivity contribution in [3.63, 3.8) is 0 Å². The van der Waals surface area contributed by atoms with E-state index in [1.54, 1.807) is 19.2 Å². The predicted octanol–water partition coefficient (Wildman–Crippen LogP) is 1.10. The van der Waals surface area contributed by atoms with Crippen LogP contribution in [0.1, 0.15) is 0 Å². The van der Waals surface area contributed by atoms with Gasteiger partial charge in [0, 0.05) is 43.9 Å². The Labute approximate surface area is 185 Å². The Kier molecular flexibility index (Phi) is 6.41. The van der Waals surface area contributed by atoms with Crippen LogP contribution >= 0.6 is 0 Å². The minimum atomic E-state index is -0.403. The second-order valence-corrected chi connectivity index (χ2v) is 7.51. The molecule has 0 spiro atoms.